The molecule has 5 nitrogen and oxygen atoms in total. The lowest BCUT2D eigenvalue weighted by atomic mass is 10.1. The van der Waals surface area contributed by atoms with Crippen molar-refractivity contribution in [3.63, 3.8) is 0 Å². The smallest absolute Gasteiger partial charge is 0.237 e. The monoisotopic (exact) mass is 292 g/mol. The third kappa shape index (κ3) is 3.95. The molecule has 0 spiro atoms. The van der Waals surface area contributed by atoms with Gasteiger partial charge in [-0.3, -0.25) is 9.69 Å². The van der Waals surface area contributed by atoms with E-state index >= 15 is 0 Å². The van der Waals surface area contributed by atoms with E-state index in [1.807, 2.05) is 31.0 Å². The molecule has 0 aromatic heterocycles. The molecular weight excluding hydrogens is 268 g/mol. The topological polar surface area (TPSA) is 50.8 Å². The molecule has 116 valence electrons. The van der Waals surface area contributed by atoms with Crippen molar-refractivity contribution in [1.29, 1.82) is 0 Å². The molecular formula is C16H24N2O3. The van der Waals surface area contributed by atoms with Crippen LogP contribution in [0.1, 0.15) is 17.5 Å². The summed E-state index contributed by atoms with van der Waals surface area (Å²) in [6.07, 6.45) is 0.889. The van der Waals surface area contributed by atoms with E-state index in [9.17, 15) is 4.79 Å². The molecule has 2 rings (SSSR count). The summed E-state index contributed by atoms with van der Waals surface area (Å²) in [5, 5.41) is 3.00. The second-order valence-corrected chi connectivity index (χ2v) is 5.63. The van der Waals surface area contributed by atoms with Crippen LogP contribution in [0.25, 0.3) is 0 Å². The van der Waals surface area contributed by atoms with Crippen LogP contribution in [0.15, 0.2) is 18.2 Å². The molecule has 0 radical (unpaired) electrons. The molecule has 1 fully saturated rings. The Morgan fingerprint density at radius 3 is 2.76 bits per heavy atom. The van der Waals surface area contributed by atoms with Crippen LogP contribution in [0.5, 0.6) is 5.75 Å². The first-order valence-corrected chi connectivity index (χ1v) is 7.18. The maximum absolute atomic E-state index is 12.3. The second-order valence-electron chi connectivity index (χ2n) is 5.63. The maximum atomic E-state index is 12.3. The number of carbonyl (C=O) groups excluding carboxylic acids is 1. The number of nitrogens with one attached hydrogen (secondary N) is 1. The Balaban J connectivity index is 1.94. The molecule has 1 aliphatic heterocycles. The number of carbonyl (C=O) groups is 1. The lowest BCUT2D eigenvalue weighted by Gasteiger charge is -2.18. The van der Waals surface area contributed by atoms with E-state index in [1.54, 1.807) is 14.2 Å². The summed E-state index contributed by atoms with van der Waals surface area (Å²) in [4.78, 5) is 14.3. The van der Waals surface area contributed by atoms with Crippen molar-refractivity contribution in [1.82, 2.24) is 10.2 Å². The van der Waals surface area contributed by atoms with E-state index in [-0.39, 0.29) is 18.1 Å². The number of likely N-dealkylation sites (tertiary alicyclic amines) is 1. The van der Waals surface area contributed by atoms with Crippen LogP contribution in [-0.2, 0) is 16.1 Å². The summed E-state index contributed by atoms with van der Waals surface area (Å²) in [7, 11) is 5.30. The zero-order valence-corrected chi connectivity index (χ0v) is 13.2. The van der Waals surface area contributed by atoms with E-state index < -0.39 is 0 Å². The highest BCUT2D eigenvalue weighted by Crippen LogP contribution is 2.19. The SMILES string of the molecule is COc1cc(C)cc(CNC(=O)[C@@H]2C[C@H](OC)CN2C)c1. The standard InChI is InChI=1S/C16H24N2O3/c1-11-5-12(7-13(6-11)20-3)9-17-16(19)15-8-14(21-4)10-18(15)2/h5-7,14-15H,8-10H2,1-4H3,(H,17,19)/t14-,15-/m0/s1. The summed E-state index contributed by atoms with van der Waals surface area (Å²) in [6, 6.07) is 5.86. The fourth-order valence-electron chi connectivity index (χ4n) is 2.78. The molecule has 1 saturated heterocycles. The Morgan fingerprint density at radius 1 is 1.38 bits per heavy atom. The molecule has 2 atom stereocenters. The van der Waals surface area contributed by atoms with Gasteiger partial charge in [-0.15, -0.1) is 0 Å². The van der Waals surface area contributed by atoms with Crippen LogP contribution in [0.4, 0.5) is 0 Å². The van der Waals surface area contributed by atoms with Crippen molar-refractivity contribution in [3.8, 4) is 5.75 Å². The first-order chi connectivity index (χ1) is 10.0. The predicted molar refractivity (Wildman–Crippen MR) is 81.4 cm³/mol. The third-order valence-electron chi connectivity index (χ3n) is 3.96. The molecule has 1 N–H and O–H groups in total. The van der Waals surface area contributed by atoms with E-state index in [1.165, 1.54) is 0 Å². The molecule has 0 aliphatic carbocycles. The molecule has 1 aromatic carbocycles. The van der Waals surface area contributed by atoms with E-state index in [0.29, 0.717) is 6.54 Å². The van der Waals surface area contributed by atoms with E-state index in [2.05, 4.69) is 11.4 Å². The number of likely N-dealkylation sites (N-methyl/N-ethyl adjacent to an activating group) is 1. The molecule has 1 amide bonds. The predicted octanol–water partition coefficient (Wildman–Crippen LogP) is 1.34. The van der Waals surface area contributed by atoms with Crippen LogP contribution in [0.2, 0.25) is 0 Å². The zero-order valence-electron chi connectivity index (χ0n) is 13.2. The normalized spacial score (nSPS) is 22.3. The highest BCUT2D eigenvalue weighted by atomic mass is 16.5. The molecule has 0 bridgehead atoms. The Morgan fingerprint density at radius 2 is 2.14 bits per heavy atom. The summed E-state index contributed by atoms with van der Waals surface area (Å²) < 4.78 is 10.6. The van der Waals surface area contributed by atoms with Gasteiger partial charge in [0.25, 0.3) is 0 Å². The highest BCUT2D eigenvalue weighted by Gasteiger charge is 2.34. The molecule has 21 heavy (non-hydrogen) atoms. The van der Waals surface area contributed by atoms with E-state index in [4.69, 9.17) is 9.47 Å². The lowest BCUT2D eigenvalue weighted by molar-refractivity contribution is -0.125. The van der Waals surface area contributed by atoms with Gasteiger partial charge in [-0.05, 0) is 43.7 Å². The van der Waals surface area contributed by atoms with Crippen LogP contribution in [0.3, 0.4) is 0 Å². The minimum Gasteiger partial charge on any atom is -0.497 e. The average molecular weight is 292 g/mol. The van der Waals surface area contributed by atoms with Gasteiger partial charge in [0.2, 0.25) is 5.91 Å². The minimum atomic E-state index is -0.110. The van der Waals surface area contributed by atoms with Crippen molar-refractivity contribution in [2.24, 2.45) is 0 Å². The molecule has 0 unspecified atom stereocenters. The summed E-state index contributed by atoms with van der Waals surface area (Å²) in [5.74, 6) is 0.870. The largest absolute Gasteiger partial charge is 0.497 e. The Hall–Kier alpha value is -1.59. The van der Waals surface area contributed by atoms with E-state index in [0.717, 1.165) is 29.8 Å². The van der Waals surface area contributed by atoms with Crippen molar-refractivity contribution in [2.75, 3.05) is 27.8 Å². The maximum Gasteiger partial charge on any atom is 0.237 e. The van der Waals surface area contributed by atoms with Gasteiger partial charge in [-0.25, -0.2) is 0 Å². The Kier molecular flexibility index (Phi) is 5.20. The number of nitrogens with zero attached hydrogens (tertiary/aromatic N) is 1. The van der Waals surface area contributed by atoms with Crippen LogP contribution >= 0.6 is 0 Å². The van der Waals surface area contributed by atoms with Crippen LogP contribution in [0, 0.1) is 6.92 Å². The number of hydrogen-bond acceptors (Lipinski definition) is 4. The van der Waals surface area contributed by atoms with Gasteiger partial charge in [-0.2, -0.15) is 0 Å². The van der Waals surface area contributed by atoms with Gasteiger partial charge >= 0.3 is 0 Å². The van der Waals surface area contributed by atoms with Crippen molar-refractivity contribution >= 4 is 5.91 Å². The number of aryl methyl sites for hydroxylation is 1. The van der Waals surface area contributed by atoms with Gasteiger partial charge in [0.05, 0.1) is 19.3 Å². The number of ether oxygens (including phenoxy) is 2. The Labute approximate surface area is 126 Å². The minimum absolute atomic E-state index is 0.0533. The fourth-order valence-corrected chi connectivity index (χ4v) is 2.78. The van der Waals surface area contributed by atoms with Gasteiger partial charge < -0.3 is 14.8 Å². The number of amides is 1. The number of methoxy groups -OCH3 is 2. The fraction of sp³-hybridized carbons (Fsp3) is 0.562. The number of hydrogen-bond donors (Lipinski definition) is 1. The first-order valence-electron chi connectivity index (χ1n) is 7.18. The van der Waals surface area contributed by atoms with Crippen molar-refractivity contribution in [2.45, 2.75) is 32.0 Å². The highest BCUT2D eigenvalue weighted by molar-refractivity contribution is 5.82. The molecule has 1 heterocycles. The molecule has 1 aromatic rings. The third-order valence-corrected chi connectivity index (χ3v) is 3.96. The van der Waals surface area contributed by atoms with Crippen LogP contribution < -0.4 is 10.1 Å². The second kappa shape index (κ2) is 6.91. The summed E-state index contributed by atoms with van der Waals surface area (Å²) in [6.45, 7) is 3.33. The zero-order chi connectivity index (χ0) is 15.4. The summed E-state index contributed by atoms with van der Waals surface area (Å²) in [5.41, 5.74) is 2.17. The number of rotatable bonds is 5. The van der Waals surface area contributed by atoms with Gasteiger partial charge in [0.1, 0.15) is 5.75 Å². The molecule has 5 heteroatoms. The number of benzene rings is 1. The molecule has 0 saturated carbocycles. The van der Waals surface area contributed by atoms with Crippen LogP contribution in [-0.4, -0.2) is 50.8 Å². The quantitative estimate of drug-likeness (QED) is 0.890. The summed E-state index contributed by atoms with van der Waals surface area (Å²) >= 11 is 0. The molecule has 1 aliphatic rings. The van der Waals surface area contributed by atoms with Gasteiger partial charge in [0.15, 0.2) is 0 Å². The average Bonchev–Trinajstić information content (AvgIpc) is 2.85. The van der Waals surface area contributed by atoms with Crippen molar-refractivity contribution in [3.05, 3.63) is 29.3 Å². The lowest BCUT2D eigenvalue weighted by Crippen LogP contribution is -2.41. The van der Waals surface area contributed by atoms with Crippen molar-refractivity contribution < 1.29 is 14.3 Å². The van der Waals surface area contributed by atoms with Gasteiger partial charge in [0, 0.05) is 20.2 Å². The van der Waals surface area contributed by atoms with Gasteiger partial charge in [-0.1, -0.05) is 6.07 Å². The Bertz CT molecular complexity index is 504. The first kappa shape index (κ1) is 15.8.